The zero-order valence-electron chi connectivity index (χ0n) is 21.0. The molecule has 1 aromatic carbocycles. The molecule has 0 radical (unpaired) electrons. The van der Waals surface area contributed by atoms with Crippen LogP contribution in [-0.2, 0) is 6.54 Å². The van der Waals surface area contributed by atoms with Gasteiger partial charge in [0, 0.05) is 23.0 Å². The standard InChI is InChI=1S/C26H25FN8O3/c1-14-4-5-16(23-30-25(38-32-23)17-10-19(17)27)8-20(14)29-24(36)18-11-28-35-7-6-15(9-22(18)35)21-12-34(33-31-21)13-26(2,3)37/h4-9,11-12,17,19,37H,10,13H2,1-3H3,(H,29,36)/t17-,19-/m0/s1. The first-order valence-electron chi connectivity index (χ1n) is 12.1. The zero-order chi connectivity index (χ0) is 26.6. The lowest BCUT2D eigenvalue weighted by molar-refractivity contribution is 0.0571. The van der Waals surface area contributed by atoms with Crippen LogP contribution in [0.3, 0.4) is 0 Å². The molecule has 4 aromatic heterocycles. The highest BCUT2D eigenvalue weighted by atomic mass is 19.1. The molecule has 0 aliphatic heterocycles. The van der Waals surface area contributed by atoms with Gasteiger partial charge in [0.1, 0.15) is 11.9 Å². The number of carbonyl (C=O) groups is 1. The number of carbonyl (C=O) groups excluding carboxylic acids is 1. The van der Waals surface area contributed by atoms with Gasteiger partial charge in [-0.3, -0.25) is 4.79 Å². The molecule has 6 rings (SSSR count). The molecule has 1 aliphatic carbocycles. The van der Waals surface area contributed by atoms with Gasteiger partial charge in [-0.25, -0.2) is 13.6 Å². The number of aliphatic hydroxyl groups is 1. The molecular weight excluding hydrogens is 491 g/mol. The molecule has 0 spiro atoms. The van der Waals surface area contributed by atoms with Gasteiger partial charge in [-0.1, -0.05) is 22.5 Å². The molecule has 4 heterocycles. The number of hydrogen-bond donors (Lipinski definition) is 2. The van der Waals surface area contributed by atoms with Gasteiger partial charge in [-0.05, 0) is 51.0 Å². The number of alkyl halides is 1. The van der Waals surface area contributed by atoms with Crippen LogP contribution in [0.5, 0.6) is 0 Å². The quantitative estimate of drug-likeness (QED) is 0.333. The highest BCUT2D eigenvalue weighted by molar-refractivity contribution is 6.09. The molecule has 5 aromatic rings. The van der Waals surface area contributed by atoms with Crippen molar-refractivity contribution in [3.8, 4) is 22.6 Å². The summed E-state index contributed by atoms with van der Waals surface area (Å²) in [6, 6.07) is 9.09. The van der Waals surface area contributed by atoms with Crippen molar-refractivity contribution in [2.45, 2.75) is 51.4 Å². The number of amides is 1. The zero-order valence-corrected chi connectivity index (χ0v) is 21.0. The van der Waals surface area contributed by atoms with Gasteiger partial charge in [0.25, 0.3) is 5.91 Å². The maximum Gasteiger partial charge on any atom is 0.259 e. The number of aromatic nitrogens is 7. The van der Waals surface area contributed by atoms with E-state index in [0.29, 0.717) is 52.7 Å². The predicted octanol–water partition coefficient (Wildman–Crippen LogP) is 3.80. The fourth-order valence-electron chi connectivity index (χ4n) is 4.23. The second-order valence-corrected chi connectivity index (χ2v) is 10.2. The Labute approximate surface area is 216 Å². The van der Waals surface area contributed by atoms with Gasteiger partial charge < -0.3 is 14.9 Å². The van der Waals surface area contributed by atoms with Crippen LogP contribution in [0.15, 0.2) is 53.4 Å². The third-order valence-corrected chi connectivity index (χ3v) is 6.36. The van der Waals surface area contributed by atoms with Crippen molar-refractivity contribution in [2.75, 3.05) is 5.32 Å². The minimum absolute atomic E-state index is 0.293. The Morgan fingerprint density at radius 2 is 2.08 bits per heavy atom. The second kappa shape index (κ2) is 8.84. The van der Waals surface area contributed by atoms with Crippen molar-refractivity contribution >= 4 is 17.1 Å². The van der Waals surface area contributed by atoms with Gasteiger partial charge in [-0.15, -0.1) is 5.10 Å². The topological polar surface area (TPSA) is 136 Å². The van der Waals surface area contributed by atoms with Crippen LogP contribution in [0.1, 0.15) is 48.0 Å². The summed E-state index contributed by atoms with van der Waals surface area (Å²) in [4.78, 5) is 17.6. The van der Waals surface area contributed by atoms with E-state index in [1.165, 1.54) is 6.20 Å². The molecule has 1 amide bonds. The van der Waals surface area contributed by atoms with E-state index in [4.69, 9.17) is 4.52 Å². The Bertz CT molecular complexity index is 1660. The summed E-state index contributed by atoms with van der Waals surface area (Å²) in [6.07, 6.45) is 4.47. The minimum atomic E-state index is -0.929. The third kappa shape index (κ3) is 4.65. The maximum atomic E-state index is 13.4. The molecule has 0 unspecified atom stereocenters. The van der Waals surface area contributed by atoms with Crippen LogP contribution in [0, 0.1) is 6.92 Å². The maximum absolute atomic E-state index is 13.4. The van der Waals surface area contributed by atoms with E-state index in [2.05, 4.69) is 30.9 Å². The summed E-state index contributed by atoms with van der Waals surface area (Å²) in [5, 5.41) is 29.6. The molecule has 0 saturated heterocycles. The second-order valence-electron chi connectivity index (χ2n) is 10.2. The predicted molar refractivity (Wildman–Crippen MR) is 135 cm³/mol. The lowest BCUT2D eigenvalue weighted by Crippen LogP contribution is -2.26. The Morgan fingerprint density at radius 1 is 1.26 bits per heavy atom. The first-order chi connectivity index (χ1) is 18.1. The summed E-state index contributed by atoms with van der Waals surface area (Å²) < 4.78 is 21.8. The van der Waals surface area contributed by atoms with E-state index in [1.807, 2.05) is 31.2 Å². The molecule has 1 aliphatic rings. The molecule has 2 atom stereocenters. The Hall–Kier alpha value is -4.45. The molecule has 194 valence electrons. The molecule has 1 saturated carbocycles. The van der Waals surface area contributed by atoms with Gasteiger partial charge in [0.15, 0.2) is 0 Å². The third-order valence-electron chi connectivity index (χ3n) is 6.36. The fraction of sp³-hybridized carbons (Fsp3) is 0.308. The van der Waals surface area contributed by atoms with E-state index in [-0.39, 0.29) is 11.8 Å². The first-order valence-corrected chi connectivity index (χ1v) is 12.1. The molecule has 11 nitrogen and oxygen atoms in total. The number of halogens is 1. The van der Waals surface area contributed by atoms with Gasteiger partial charge in [0.2, 0.25) is 11.7 Å². The van der Waals surface area contributed by atoms with Crippen LogP contribution in [0.25, 0.3) is 28.2 Å². The molecule has 1 fully saturated rings. The Morgan fingerprint density at radius 3 is 2.84 bits per heavy atom. The molecule has 0 bridgehead atoms. The summed E-state index contributed by atoms with van der Waals surface area (Å²) in [5.41, 5.74) is 3.49. The van der Waals surface area contributed by atoms with Crippen molar-refractivity contribution in [1.82, 2.24) is 34.7 Å². The molecule has 2 N–H and O–H groups in total. The van der Waals surface area contributed by atoms with Crippen molar-refractivity contribution in [1.29, 1.82) is 0 Å². The summed E-state index contributed by atoms with van der Waals surface area (Å²) in [6.45, 7) is 5.57. The van der Waals surface area contributed by atoms with Crippen LogP contribution in [0.4, 0.5) is 10.1 Å². The van der Waals surface area contributed by atoms with Crippen molar-refractivity contribution in [3.05, 3.63) is 65.9 Å². The summed E-state index contributed by atoms with van der Waals surface area (Å²) in [5.74, 6) is -0.0311. The Balaban J connectivity index is 1.25. The number of fused-ring (bicyclic) bond motifs is 1. The van der Waals surface area contributed by atoms with Gasteiger partial charge >= 0.3 is 0 Å². The van der Waals surface area contributed by atoms with Gasteiger partial charge in [0.05, 0.1) is 41.5 Å². The highest BCUT2D eigenvalue weighted by Crippen LogP contribution is 2.43. The number of benzene rings is 1. The van der Waals surface area contributed by atoms with E-state index < -0.39 is 11.8 Å². The lowest BCUT2D eigenvalue weighted by atomic mass is 10.1. The van der Waals surface area contributed by atoms with Crippen LogP contribution in [0.2, 0.25) is 0 Å². The number of hydrogen-bond acceptors (Lipinski definition) is 8. The number of aryl methyl sites for hydroxylation is 1. The largest absolute Gasteiger partial charge is 0.389 e. The SMILES string of the molecule is Cc1ccc(-c2noc([C@H]3C[C@@H]3F)n2)cc1NC(=O)c1cnn2ccc(-c3cn(CC(C)(C)O)nn3)cc12. The number of anilines is 1. The highest BCUT2D eigenvalue weighted by Gasteiger charge is 2.43. The normalized spacial score (nSPS) is 17.2. The number of rotatable bonds is 7. The van der Waals surface area contributed by atoms with E-state index in [1.54, 1.807) is 41.5 Å². The smallest absolute Gasteiger partial charge is 0.259 e. The van der Waals surface area contributed by atoms with E-state index in [9.17, 15) is 14.3 Å². The Kier molecular flexibility index (Phi) is 5.56. The number of pyridine rings is 1. The first kappa shape index (κ1) is 23.9. The average Bonchev–Trinajstić information content (AvgIpc) is 3.29. The molecule has 12 heteroatoms. The molecular formula is C26H25FN8O3. The number of nitrogens with zero attached hydrogens (tertiary/aromatic N) is 7. The van der Waals surface area contributed by atoms with E-state index in [0.717, 1.165) is 11.1 Å². The van der Waals surface area contributed by atoms with E-state index >= 15 is 0 Å². The number of nitrogens with one attached hydrogen (secondary N) is 1. The summed E-state index contributed by atoms with van der Waals surface area (Å²) in [7, 11) is 0. The summed E-state index contributed by atoms with van der Waals surface area (Å²) >= 11 is 0. The van der Waals surface area contributed by atoms with Crippen LogP contribution in [-0.4, -0.2) is 57.5 Å². The molecule has 38 heavy (non-hydrogen) atoms. The van der Waals surface area contributed by atoms with Crippen molar-refractivity contribution in [2.24, 2.45) is 0 Å². The minimum Gasteiger partial charge on any atom is -0.389 e. The van der Waals surface area contributed by atoms with Crippen molar-refractivity contribution < 1.29 is 18.8 Å². The average molecular weight is 517 g/mol. The lowest BCUT2D eigenvalue weighted by Gasteiger charge is -2.15. The monoisotopic (exact) mass is 516 g/mol. The van der Waals surface area contributed by atoms with Crippen LogP contribution < -0.4 is 5.32 Å². The van der Waals surface area contributed by atoms with Crippen LogP contribution >= 0.6 is 0 Å². The van der Waals surface area contributed by atoms with Gasteiger partial charge in [-0.2, -0.15) is 10.1 Å². The van der Waals surface area contributed by atoms with Crippen molar-refractivity contribution in [3.63, 3.8) is 0 Å². The fourth-order valence-corrected chi connectivity index (χ4v) is 4.23.